The lowest BCUT2D eigenvalue weighted by Gasteiger charge is -2.07. The van der Waals surface area contributed by atoms with Gasteiger partial charge in [0.2, 0.25) is 0 Å². The van der Waals surface area contributed by atoms with E-state index in [2.05, 4.69) is 10.2 Å². The minimum Gasteiger partial charge on any atom is -0.461 e. The van der Waals surface area contributed by atoms with Crippen LogP contribution in [0, 0.1) is 0 Å². The normalized spacial score (nSPS) is 11.4. The Balaban J connectivity index is 2.24. The van der Waals surface area contributed by atoms with E-state index in [0.717, 1.165) is 12.1 Å². The molecule has 2 aromatic rings. The van der Waals surface area contributed by atoms with Crippen LogP contribution in [0.1, 0.15) is 29.4 Å². The van der Waals surface area contributed by atoms with Crippen molar-refractivity contribution in [1.82, 2.24) is 10.2 Å². The van der Waals surface area contributed by atoms with E-state index >= 15 is 0 Å². The number of nitrogens with zero attached hydrogens (tertiary/aromatic N) is 1. The number of rotatable bonds is 4. The molecule has 7 heteroatoms. The van der Waals surface area contributed by atoms with Crippen molar-refractivity contribution >= 4 is 5.97 Å². The van der Waals surface area contributed by atoms with Crippen molar-refractivity contribution in [2.75, 3.05) is 6.61 Å². The Morgan fingerprint density at radius 2 is 2.10 bits per heavy atom. The molecule has 2 rings (SSSR count). The predicted octanol–water partition coefficient (Wildman–Crippen LogP) is 3.66. The summed E-state index contributed by atoms with van der Waals surface area (Å²) in [5.41, 5.74) is -0.130. The fraction of sp³-hybridized carbons (Fsp3) is 0.286. The van der Waals surface area contributed by atoms with Crippen molar-refractivity contribution < 1.29 is 22.7 Å². The summed E-state index contributed by atoms with van der Waals surface area (Å²) in [4.78, 5) is 11.6. The molecule has 1 heterocycles. The molecule has 0 aliphatic rings. The molecule has 0 spiro atoms. The second kappa shape index (κ2) is 5.99. The van der Waals surface area contributed by atoms with Gasteiger partial charge in [-0.15, -0.1) is 0 Å². The molecular weight excluding hydrogens is 285 g/mol. The van der Waals surface area contributed by atoms with E-state index in [4.69, 9.17) is 4.74 Å². The van der Waals surface area contributed by atoms with E-state index in [1.54, 1.807) is 0 Å². The average molecular weight is 298 g/mol. The first-order valence-corrected chi connectivity index (χ1v) is 6.32. The largest absolute Gasteiger partial charge is 0.461 e. The van der Waals surface area contributed by atoms with Gasteiger partial charge in [-0.1, -0.05) is 19.1 Å². The van der Waals surface area contributed by atoms with Gasteiger partial charge in [0.15, 0.2) is 0 Å². The van der Waals surface area contributed by atoms with Crippen molar-refractivity contribution in [3.8, 4) is 11.3 Å². The Kier molecular flexibility index (Phi) is 4.30. The second-order valence-corrected chi connectivity index (χ2v) is 4.38. The highest BCUT2D eigenvalue weighted by Crippen LogP contribution is 2.31. The highest BCUT2D eigenvalue weighted by Gasteiger charge is 2.30. The summed E-state index contributed by atoms with van der Waals surface area (Å²) in [5.74, 6) is -0.581. The molecule has 0 unspecified atom stereocenters. The van der Waals surface area contributed by atoms with Crippen molar-refractivity contribution in [2.24, 2.45) is 0 Å². The summed E-state index contributed by atoms with van der Waals surface area (Å²) in [7, 11) is 0. The molecule has 0 saturated carbocycles. The number of carbonyl (C=O) groups is 1. The van der Waals surface area contributed by atoms with Crippen molar-refractivity contribution in [2.45, 2.75) is 19.5 Å². The number of ether oxygens (including phenoxy) is 1. The summed E-state index contributed by atoms with van der Waals surface area (Å²) in [5, 5.41) is 6.31. The fourth-order valence-corrected chi connectivity index (χ4v) is 1.70. The zero-order valence-corrected chi connectivity index (χ0v) is 11.2. The third-order valence-electron chi connectivity index (χ3n) is 2.72. The molecule has 0 atom stereocenters. The number of esters is 1. The topological polar surface area (TPSA) is 55.0 Å². The summed E-state index contributed by atoms with van der Waals surface area (Å²) < 4.78 is 42.9. The van der Waals surface area contributed by atoms with Crippen molar-refractivity contribution in [3.05, 3.63) is 41.6 Å². The maximum atomic E-state index is 12.7. The molecule has 112 valence electrons. The van der Waals surface area contributed by atoms with E-state index in [9.17, 15) is 18.0 Å². The number of halogens is 3. The third kappa shape index (κ3) is 3.62. The van der Waals surface area contributed by atoms with Crippen LogP contribution < -0.4 is 0 Å². The molecule has 0 amide bonds. The van der Waals surface area contributed by atoms with Crippen LogP contribution in [-0.4, -0.2) is 22.8 Å². The average Bonchev–Trinajstić information content (AvgIpc) is 2.94. The fourth-order valence-electron chi connectivity index (χ4n) is 1.70. The van der Waals surface area contributed by atoms with Crippen LogP contribution >= 0.6 is 0 Å². The number of hydrogen-bond acceptors (Lipinski definition) is 3. The lowest BCUT2D eigenvalue weighted by atomic mass is 10.1. The third-order valence-corrected chi connectivity index (χ3v) is 2.72. The van der Waals surface area contributed by atoms with Crippen LogP contribution in [0.2, 0.25) is 0 Å². The molecule has 0 aliphatic heterocycles. The van der Waals surface area contributed by atoms with E-state index < -0.39 is 17.7 Å². The van der Waals surface area contributed by atoms with Crippen molar-refractivity contribution in [3.63, 3.8) is 0 Å². The summed E-state index contributed by atoms with van der Waals surface area (Å²) in [6.07, 6.45) is -3.74. The van der Waals surface area contributed by atoms with Gasteiger partial charge < -0.3 is 4.74 Å². The minimum atomic E-state index is -4.42. The van der Waals surface area contributed by atoms with Crippen LogP contribution in [0.5, 0.6) is 0 Å². The summed E-state index contributed by atoms with van der Waals surface area (Å²) in [6, 6.07) is 6.12. The number of nitrogens with one attached hydrogen (secondary N) is 1. The van der Waals surface area contributed by atoms with Crippen LogP contribution in [-0.2, 0) is 10.9 Å². The maximum absolute atomic E-state index is 12.7. The highest BCUT2D eigenvalue weighted by atomic mass is 19.4. The van der Waals surface area contributed by atoms with Crippen LogP contribution in [0.25, 0.3) is 11.3 Å². The van der Waals surface area contributed by atoms with Gasteiger partial charge in [-0.05, 0) is 24.6 Å². The number of aromatic amines is 1. The summed E-state index contributed by atoms with van der Waals surface area (Å²) >= 11 is 0. The van der Waals surface area contributed by atoms with E-state index in [-0.39, 0.29) is 23.6 Å². The Hall–Kier alpha value is -2.31. The lowest BCUT2D eigenvalue weighted by Crippen LogP contribution is -2.06. The standard InChI is InChI=1S/C14H13F3N2O2/c1-2-6-21-13(20)12-8-11(18-19-12)9-4-3-5-10(7-9)14(15,16)17/h3-5,7-8H,2,6H2,1H3,(H,18,19). The zero-order valence-electron chi connectivity index (χ0n) is 11.2. The maximum Gasteiger partial charge on any atom is 0.416 e. The Morgan fingerprint density at radius 1 is 1.33 bits per heavy atom. The number of alkyl halides is 3. The number of H-pyrrole nitrogens is 1. The van der Waals surface area contributed by atoms with Crippen LogP contribution in [0.3, 0.4) is 0 Å². The van der Waals surface area contributed by atoms with E-state index in [1.165, 1.54) is 18.2 Å². The van der Waals surface area contributed by atoms with Crippen LogP contribution in [0.4, 0.5) is 13.2 Å². The van der Waals surface area contributed by atoms with Gasteiger partial charge >= 0.3 is 12.1 Å². The highest BCUT2D eigenvalue weighted by molar-refractivity contribution is 5.88. The van der Waals surface area contributed by atoms with Gasteiger partial charge in [0.1, 0.15) is 5.69 Å². The van der Waals surface area contributed by atoms with Gasteiger partial charge in [-0.2, -0.15) is 18.3 Å². The minimum absolute atomic E-state index is 0.107. The van der Waals surface area contributed by atoms with E-state index in [1.807, 2.05) is 6.92 Å². The molecule has 0 bridgehead atoms. The first-order valence-electron chi connectivity index (χ1n) is 6.32. The Labute approximate surface area is 118 Å². The van der Waals surface area contributed by atoms with Crippen molar-refractivity contribution in [1.29, 1.82) is 0 Å². The number of aromatic nitrogens is 2. The van der Waals surface area contributed by atoms with Gasteiger partial charge in [0.05, 0.1) is 17.9 Å². The van der Waals surface area contributed by atoms with Gasteiger partial charge in [-0.3, -0.25) is 5.10 Å². The van der Waals surface area contributed by atoms with Gasteiger partial charge in [0.25, 0.3) is 0 Å². The first-order chi connectivity index (χ1) is 9.91. The molecule has 1 N–H and O–H groups in total. The van der Waals surface area contributed by atoms with Gasteiger partial charge in [0, 0.05) is 5.56 Å². The molecule has 1 aromatic heterocycles. The second-order valence-electron chi connectivity index (χ2n) is 4.38. The lowest BCUT2D eigenvalue weighted by molar-refractivity contribution is -0.137. The molecule has 4 nitrogen and oxygen atoms in total. The molecular formula is C14H13F3N2O2. The molecule has 21 heavy (non-hydrogen) atoms. The smallest absolute Gasteiger partial charge is 0.416 e. The first kappa shape index (κ1) is 15.1. The number of carbonyl (C=O) groups excluding carboxylic acids is 1. The molecule has 0 saturated heterocycles. The molecule has 1 aromatic carbocycles. The molecule has 0 fully saturated rings. The quantitative estimate of drug-likeness (QED) is 0.876. The van der Waals surface area contributed by atoms with Crippen LogP contribution in [0.15, 0.2) is 30.3 Å². The van der Waals surface area contributed by atoms with Gasteiger partial charge in [-0.25, -0.2) is 4.79 Å². The number of hydrogen-bond donors (Lipinski definition) is 1. The molecule has 0 aliphatic carbocycles. The SMILES string of the molecule is CCCOC(=O)c1cc(-c2cccc(C(F)(F)F)c2)n[nH]1. The summed E-state index contributed by atoms with van der Waals surface area (Å²) in [6.45, 7) is 2.13. The molecule has 0 radical (unpaired) electrons. The Bertz CT molecular complexity index is 635. The Morgan fingerprint density at radius 3 is 2.76 bits per heavy atom. The van der Waals surface area contributed by atoms with E-state index in [0.29, 0.717) is 6.42 Å². The monoisotopic (exact) mass is 298 g/mol. The zero-order chi connectivity index (χ0) is 15.5. The number of benzene rings is 1. The predicted molar refractivity (Wildman–Crippen MR) is 69.6 cm³/mol.